The van der Waals surface area contributed by atoms with Crippen molar-refractivity contribution >= 4 is 18.1 Å². The quantitative estimate of drug-likeness (QED) is 0.192. The van der Waals surface area contributed by atoms with Crippen LogP contribution < -0.4 is 14.8 Å². The summed E-state index contributed by atoms with van der Waals surface area (Å²) in [4.78, 5) is 39.6. The molecule has 1 heterocycles. The molecule has 0 radical (unpaired) electrons. The number of amides is 2. The molecule has 0 saturated heterocycles. The summed E-state index contributed by atoms with van der Waals surface area (Å²) in [5, 5.41) is 23.4. The number of fused-ring (bicyclic) bond motifs is 3. The van der Waals surface area contributed by atoms with Gasteiger partial charge >= 0.3 is 0 Å². The van der Waals surface area contributed by atoms with Crippen molar-refractivity contribution in [3.8, 4) is 11.5 Å². The van der Waals surface area contributed by atoms with Gasteiger partial charge in [0.05, 0.1) is 25.7 Å². The Bertz CT molecular complexity index is 1020. The molecule has 37 heavy (non-hydrogen) atoms. The molecule has 10 heteroatoms. The standard InChI is InChI=1S/C27H36N2O8/c1-4-6-8-22(32)29(10-7-12-36-5-2)20-15-19(27(34)28-9-11-30)23-18-13-17(16-31)14-21(35-3)25(18)37-26(23)24(20)33/h4,13-16,20,23-24,26,30,33H,1,5-12H2,2-3H3,(H,28,34)/t20-,23+,24+,26+/m1/s1. The fraction of sp³-hybridized carbons (Fsp3) is 0.519. The normalized spacial score (nSPS) is 21.7. The monoisotopic (exact) mass is 516 g/mol. The van der Waals surface area contributed by atoms with Crippen LogP contribution >= 0.6 is 0 Å². The first-order valence-electron chi connectivity index (χ1n) is 12.5. The number of aliphatic hydroxyl groups is 2. The van der Waals surface area contributed by atoms with E-state index in [1.54, 1.807) is 23.1 Å². The van der Waals surface area contributed by atoms with Crippen LogP contribution in [0.5, 0.6) is 11.5 Å². The Morgan fingerprint density at radius 1 is 1.32 bits per heavy atom. The number of carbonyl (C=O) groups excluding carboxylic acids is 3. The summed E-state index contributed by atoms with van der Waals surface area (Å²) in [6, 6.07) is 2.30. The van der Waals surface area contributed by atoms with Gasteiger partial charge in [-0.2, -0.15) is 0 Å². The lowest BCUT2D eigenvalue weighted by molar-refractivity contribution is -0.137. The zero-order valence-electron chi connectivity index (χ0n) is 21.4. The van der Waals surface area contributed by atoms with Gasteiger partial charge in [0.1, 0.15) is 18.5 Å². The highest BCUT2D eigenvalue weighted by atomic mass is 16.5. The molecular formula is C27H36N2O8. The first-order chi connectivity index (χ1) is 17.9. The number of hydrogen-bond acceptors (Lipinski definition) is 8. The summed E-state index contributed by atoms with van der Waals surface area (Å²) in [6.45, 7) is 6.65. The van der Waals surface area contributed by atoms with Crippen LogP contribution in [0, 0.1) is 0 Å². The predicted octanol–water partition coefficient (Wildman–Crippen LogP) is 1.35. The summed E-state index contributed by atoms with van der Waals surface area (Å²) < 4.78 is 17.0. The van der Waals surface area contributed by atoms with Gasteiger partial charge in [0, 0.05) is 49.4 Å². The van der Waals surface area contributed by atoms with E-state index in [9.17, 15) is 24.6 Å². The molecule has 0 fully saturated rings. The molecule has 0 bridgehead atoms. The Morgan fingerprint density at radius 2 is 2.11 bits per heavy atom. The van der Waals surface area contributed by atoms with E-state index in [-0.39, 0.29) is 31.1 Å². The van der Waals surface area contributed by atoms with Crippen molar-refractivity contribution in [3.63, 3.8) is 0 Å². The van der Waals surface area contributed by atoms with Crippen molar-refractivity contribution in [2.24, 2.45) is 0 Å². The van der Waals surface area contributed by atoms with Gasteiger partial charge in [-0.1, -0.05) is 6.08 Å². The molecule has 2 amide bonds. The summed E-state index contributed by atoms with van der Waals surface area (Å²) in [6.07, 6.45) is 3.07. The van der Waals surface area contributed by atoms with Gasteiger partial charge < -0.3 is 34.6 Å². The van der Waals surface area contributed by atoms with Crippen molar-refractivity contribution in [3.05, 3.63) is 47.6 Å². The van der Waals surface area contributed by atoms with E-state index < -0.39 is 30.1 Å². The van der Waals surface area contributed by atoms with Gasteiger partial charge in [-0.25, -0.2) is 0 Å². The second kappa shape index (κ2) is 13.4. The lowest BCUT2D eigenvalue weighted by Crippen LogP contribution is -2.56. The van der Waals surface area contributed by atoms with E-state index in [1.165, 1.54) is 13.2 Å². The van der Waals surface area contributed by atoms with Gasteiger partial charge in [-0.3, -0.25) is 14.4 Å². The van der Waals surface area contributed by atoms with Crippen LogP contribution in [0.25, 0.3) is 0 Å². The first-order valence-corrected chi connectivity index (χ1v) is 12.5. The highest BCUT2D eigenvalue weighted by Gasteiger charge is 2.51. The molecule has 0 spiro atoms. The summed E-state index contributed by atoms with van der Waals surface area (Å²) in [5.74, 6) is -0.711. The minimum absolute atomic E-state index is 0.0303. The van der Waals surface area contributed by atoms with Gasteiger partial charge in [0.25, 0.3) is 0 Å². The summed E-state index contributed by atoms with van der Waals surface area (Å²) in [7, 11) is 1.44. The number of nitrogens with zero attached hydrogens (tertiary/aromatic N) is 1. The molecule has 3 N–H and O–H groups in total. The largest absolute Gasteiger partial charge is 0.493 e. The number of benzene rings is 1. The molecule has 4 atom stereocenters. The van der Waals surface area contributed by atoms with Gasteiger partial charge in [0.15, 0.2) is 11.5 Å². The molecule has 0 unspecified atom stereocenters. The van der Waals surface area contributed by atoms with Gasteiger partial charge in [-0.05, 0) is 38.0 Å². The summed E-state index contributed by atoms with van der Waals surface area (Å²) >= 11 is 0. The third-order valence-electron chi connectivity index (χ3n) is 6.55. The van der Waals surface area contributed by atoms with Crippen LogP contribution in [0.4, 0.5) is 0 Å². The van der Waals surface area contributed by atoms with Crippen LogP contribution in [0.1, 0.15) is 48.0 Å². The van der Waals surface area contributed by atoms with Gasteiger partial charge in [0.2, 0.25) is 11.8 Å². The second-order valence-electron chi connectivity index (χ2n) is 8.87. The lowest BCUT2D eigenvalue weighted by Gasteiger charge is -2.40. The molecule has 0 saturated carbocycles. The Kier molecular flexibility index (Phi) is 10.2. The van der Waals surface area contributed by atoms with Crippen molar-refractivity contribution in [1.29, 1.82) is 0 Å². The fourth-order valence-electron chi connectivity index (χ4n) is 4.85. The number of carbonyl (C=O) groups is 3. The van der Waals surface area contributed by atoms with Crippen molar-refractivity contribution in [2.75, 3.05) is 40.0 Å². The van der Waals surface area contributed by atoms with E-state index in [1.807, 2.05) is 6.92 Å². The van der Waals surface area contributed by atoms with Crippen LogP contribution in [0.2, 0.25) is 0 Å². The lowest BCUT2D eigenvalue weighted by atomic mass is 9.77. The smallest absolute Gasteiger partial charge is 0.247 e. The van der Waals surface area contributed by atoms with E-state index in [2.05, 4.69) is 11.9 Å². The number of nitrogens with one attached hydrogen (secondary N) is 1. The molecule has 2 aliphatic rings. The average molecular weight is 517 g/mol. The molecule has 0 aromatic heterocycles. The molecular weight excluding hydrogens is 480 g/mol. The first kappa shape index (κ1) is 28.4. The molecule has 1 aliphatic heterocycles. The Morgan fingerprint density at radius 3 is 2.76 bits per heavy atom. The third-order valence-corrected chi connectivity index (χ3v) is 6.55. The van der Waals surface area contributed by atoms with E-state index in [4.69, 9.17) is 14.2 Å². The number of rotatable bonds is 14. The number of allylic oxidation sites excluding steroid dienone is 1. The SMILES string of the molecule is C=CCCC(=O)N(CCCOCC)[C@@H]1C=C(C(=O)NCCO)[C@@H]2c3cc(C=O)cc(OC)c3O[C@@H]2[C@H]1O. The van der Waals surface area contributed by atoms with Crippen LogP contribution in [-0.4, -0.2) is 91.5 Å². The maximum Gasteiger partial charge on any atom is 0.247 e. The zero-order chi connectivity index (χ0) is 26.9. The second-order valence-corrected chi connectivity index (χ2v) is 8.87. The minimum Gasteiger partial charge on any atom is -0.493 e. The molecule has 3 rings (SSSR count). The van der Waals surface area contributed by atoms with E-state index in [0.717, 1.165) is 0 Å². The molecule has 1 aromatic carbocycles. The molecule has 1 aromatic rings. The van der Waals surface area contributed by atoms with Crippen molar-refractivity contribution in [1.82, 2.24) is 10.2 Å². The number of ether oxygens (including phenoxy) is 3. The molecule has 10 nitrogen and oxygen atoms in total. The fourth-order valence-corrected chi connectivity index (χ4v) is 4.85. The maximum atomic E-state index is 13.3. The minimum atomic E-state index is -1.17. The molecule has 1 aliphatic carbocycles. The Labute approximate surface area is 216 Å². The molecule has 202 valence electrons. The van der Waals surface area contributed by atoms with E-state index >= 15 is 0 Å². The highest BCUT2D eigenvalue weighted by molar-refractivity contribution is 5.96. The maximum absolute atomic E-state index is 13.3. The van der Waals surface area contributed by atoms with Crippen LogP contribution in [-0.2, 0) is 14.3 Å². The average Bonchev–Trinajstić information content (AvgIpc) is 3.30. The number of aliphatic hydroxyl groups excluding tert-OH is 2. The van der Waals surface area contributed by atoms with Crippen molar-refractivity contribution in [2.45, 2.75) is 50.4 Å². The number of hydrogen-bond donors (Lipinski definition) is 3. The predicted molar refractivity (Wildman–Crippen MR) is 136 cm³/mol. The third kappa shape index (κ3) is 6.20. The Balaban J connectivity index is 2.06. The zero-order valence-corrected chi connectivity index (χ0v) is 21.4. The Hall–Kier alpha value is -3.21. The van der Waals surface area contributed by atoms with Crippen LogP contribution in [0.15, 0.2) is 36.4 Å². The van der Waals surface area contributed by atoms with E-state index in [0.29, 0.717) is 61.5 Å². The van der Waals surface area contributed by atoms with Crippen molar-refractivity contribution < 1.29 is 38.8 Å². The topological polar surface area (TPSA) is 135 Å². The summed E-state index contributed by atoms with van der Waals surface area (Å²) in [5.41, 5.74) is 1.16. The van der Waals surface area contributed by atoms with Gasteiger partial charge in [-0.15, -0.1) is 6.58 Å². The van der Waals surface area contributed by atoms with Crippen LogP contribution in [0.3, 0.4) is 0 Å². The number of methoxy groups -OCH3 is 1. The number of aldehydes is 1. The highest BCUT2D eigenvalue weighted by Crippen LogP contribution is 2.51.